The predicted molar refractivity (Wildman–Crippen MR) is 70.2 cm³/mol. The van der Waals surface area contributed by atoms with Gasteiger partial charge in [0.2, 0.25) is 0 Å². The number of H-pyrrole nitrogens is 1. The summed E-state index contributed by atoms with van der Waals surface area (Å²) in [7, 11) is 0. The van der Waals surface area contributed by atoms with Gasteiger partial charge in [-0.25, -0.2) is 4.79 Å². The molecular weight excluding hydrogens is 230 g/mol. The highest BCUT2D eigenvalue weighted by Gasteiger charge is 2.22. The molecule has 1 N–H and O–H groups in total. The quantitative estimate of drug-likeness (QED) is 0.773. The third-order valence-corrected chi connectivity index (χ3v) is 2.41. The number of carbonyl (C=O) groups is 1. The number of likely N-dealkylation sites (tertiary alicyclic amines) is 1. The molecule has 1 saturated heterocycles. The normalized spacial score (nSPS) is 15.6. The first kappa shape index (κ1) is 14.5. The maximum absolute atomic E-state index is 11.5. The molecule has 0 saturated carbocycles. The molecule has 0 spiro atoms. The number of piperidine rings is 1. The molecule has 0 atom stereocenters. The van der Waals surface area contributed by atoms with Gasteiger partial charge in [-0.1, -0.05) is 0 Å². The van der Waals surface area contributed by atoms with Gasteiger partial charge in [0.25, 0.3) is 0 Å². The number of nitrogens with one attached hydrogen (secondary N) is 1. The molecule has 1 aliphatic heterocycles. The second kappa shape index (κ2) is 7.03. The number of rotatable bonds is 0. The highest BCUT2D eigenvalue weighted by molar-refractivity contribution is 5.68. The van der Waals surface area contributed by atoms with Crippen LogP contribution in [0.2, 0.25) is 0 Å². The van der Waals surface area contributed by atoms with Gasteiger partial charge in [-0.15, -0.1) is 0 Å². The summed E-state index contributed by atoms with van der Waals surface area (Å²) in [5.41, 5.74) is -0.367. The van der Waals surface area contributed by atoms with Crippen molar-refractivity contribution in [1.82, 2.24) is 15.1 Å². The van der Waals surface area contributed by atoms with Gasteiger partial charge in [0, 0.05) is 25.5 Å². The van der Waals surface area contributed by atoms with Gasteiger partial charge in [0.15, 0.2) is 0 Å². The molecule has 18 heavy (non-hydrogen) atoms. The summed E-state index contributed by atoms with van der Waals surface area (Å²) in [6.45, 7) is 7.41. The maximum Gasteiger partial charge on any atom is 0.410 e. The molecule has 2 rings (SSSR count). The van der Waals surface area contributed by atoms with Crippen LogP contribution >= 0.6 is 0 Å². The van der Waals surface area contributed by atoms with Gasteiger partial charge in [0.05, 0.1) is 0 Å². The molecule has 0 bridgehead atoms. The van der Waals surface area contributed by atoms with E-state index in [1.54, 1.807) is 17.3 Å². The van der Waals surface area contributed by atoms with Gasteiger partial charge < -0.3 is 9.64 Å². The number of ether oxygens (including phenoxy) is 1. The van der Waals surface area contributed by atoms with Gasteiger partial charge in [0.1, 0.15) is 5.60 Å². The molecular formula is C13H23N3O2. The summed E-state index contributed by atoms with van der Waals surface area (Å²) < 4.78 is 5.26. The Bertz CT molecular complexity index is 307. The number of hydrogen-bond acceptors (Lipinski definition) is 3. The fourth-order valence-corrected chi connectivity index (χ4v) is 1.62. The lowest BCUT2D eigenvalue weighted by Gasteiger charge is -2.29. The number of carbonyl (C=O) groups excluding carboxylic acids is 1. The standard InChI is InChI=1S/C10H19NO2.C3H4N2/c1-10(2,3)13-9(12)11-7-5-4-6-8-11;1-2-4-5-3-1/h4-8H2,1-3H3;1-3H,(H,4,5). The summed E-state index contributed by atoms with van der Waals surface area (Å²) in [5, 5.41) is 6.21. The van der Waals surface area contributed by atoms with Crippen molar-refractivity contribution in [2.45, 2.75) is 45.6 Å². The van der Waals surface area contributed by atoms with Crippen molar-refractivity contribution < 1.29 is 9.53 Å². The fraction of sp³-hybridized carbons (Fsp3) is 0.692. The van der Waals surface area contributed by atoms with Gasteiger partial charge >= 0.3 is 6.09 Å². The lowest BCUT2D eigenvalue weighted by Crippen LogP contribution is -2.39. The van der Waals surface area contributed by atoms with E-state index in [9.17, 15) is 4.79 Å². The highest BCUT2D eigenvalue weighted by atomic mass is 16.6. The van der Waals surface area contributed by atoms with Crippen LogP contribution in [0.4, 0.5) is 4.79 Å². The largest absolute Gasteiger partial charge is 0.444 e. The second-order valence-corrected chi connectivity index (χ2v) is 5.29. The van der Waals surface area contributed by atoms with E-state index in [0.717, 1.165) is 25.9 Å². The first-order valence-corrected chi connectivity index (χ1v) is 6.41. The van der Waals surface area contributed by atoms with Crippen molar-refractivity contribution in [2.75, 3.05) is 13.1 Å². The molecule has 5 nitrogen and oxygen atoms in total. The Morgan fingerprint density at radius 3 is 2.33 bits per heavy atom. The fourth-order valence-electron chi connectivity index (χ4n) is 1.62. The summed E-state index contributed by atoms with van der Waals surface area (Å²) in [5.74, 6) is 0. The molecule has 0 unspecified atom stereocenters. The zero-order chi connectivity index (χ0) is 13.4. The van der Waals surface area contributed by atoms with Crippen molar-refractivity contribution in [2.24, 2.45) is 0 Å². The lowest BCUT2D eigenvalue weighted by atomic mass is 10.1. The van der Waals surface area contributed by atoms with Crippen LogP contribution in [0.3, 0.4) is 0 Å². The van der Waals surface area contributed by atoms with E-state index in [2.05, 4.69) is 10.2 Å². The summed E-state index contributed by atoms with van der Waals surface area (Å²) >= 11 is 0. The first-order valence-electron chi connectivity index (χ1n) is 6.41. The molecule has 5 heteroatoms. The van der Waals surface area contributed by atoms with E-state index < -0.39 is 0 Å². The third kappa shape index (κ3) is 6.27. The molecule has 102 valence electrons. The zero-order valence-corrected chi connectivity index (χ0v) is 11.5. The Labute approximate surface area is 109 Å². The molecule has 1 aromatic heterocycles. The Kier molecular flexibility index (Phi) is 5.68. The van der Waals surface area contributed by atoms with Crippen molar-refractivity contribution >= 4 is 6.09 Å². The van der Waals surface area contributed by atoms with Crippen molar-refractivity contribution in [3.63, 3.8) is 0 Å². The van der Waals surface area contributed by atoms with Crippen LogP contribution < -0.4 is 0 Å². The van der Waals surface area contributed by atoms with Gasteiger partial charge in [-0.05, 0) is 46.1 Å². The smallest absolute Gasteiger partial charge is 0.410 e. The molecule has 1 aromatic rings. The van der Waals surface area contributed by atoms with Gasteiger partial charge in [-0.2, -0.15) is 5.10 Å². The van der Waals surface area contributed by atoms with E-state index in [4.69, 9.17) is 4.74 Å². The second-order valence-electron chi connectivity index (χ2n) is 5.29. The highest BCUT2D eigenvalue weighted by Crippen LogP contribution is 2.14. The maximum atomic E-state index is 11.5. The Balaban J connectivity index is 0.000000269. The number of hydrogen-bond donors (Lipinski definition) is 1. The summed E-state index contributed by atoms with van der Waals surface area (Å²) in [6.07, 6.45) is 6.75. The molecule has 1 amide bonds. The molecule has 0 aliphatic carbocycles. The van der Waals surface area contributed by atoms with Crippen LogP contribution in [-0.2, 0) is 4.74 Å². The van der Waals surface area contributed by atoms with Crippen LogP contribution in [-0.4, -0.2) is 39.9 Å². The lowest BCUT2D eigenvalue weighted by molar-refractivity contribution is 0.0216. The van der Waals surface area contributed by atoms with Crippen LogP contribution in [0.5, 0.6) is 0 Å². The number of aromatic nitrogens is 2. The van der Waals surface area contributed by atoms with Crippen molar-refractivity contribution in [1.29, 1.82) is 0 Å². The number of aromatic amines is 1. The van der Waals surface area contributed by atoms with Crippen LogP contribution in [0.15, 0.2) is 18.5 Å². The molecule has 0 radical (unpaired) electrons. The monoisotopic (exact) mass is 253 g/mol. The Morgan fingerprint density at radius 1 is 1.28 bits per heavy atom. The van der Waals surface area contributed by atoms with E-state index in [1.165, 1.54) is 6.42 Å². The molecule has 0 aromatic carbocycles. The minimum absolute atomic E-state index is 0.160. The number of nitrogens with zero attached hydrogens (tertiary/aromatic N) is 2. The number of amides is 1. The Hall–Kier alpha value is -1.52. The summed E-state index contributed by atoms with van der Waals surface area (Å²) in [4.78, 5) is 13.3. The zero-order valence-electron chi connectivity index (χ0n) is 11.5. The van der Waals surface area contributed by atoms with E-state index in [1.807, 2.05) is 26.8 Å². The molecule has 1 fully saturated rings. The molecule has 2 heterocycles. The SMILES string of the molecule is CC(C)(C)OC(=O)N1CCCCC1.c1cn[nH]c1. The van der Waals surface area contributed by atoms with E-state index >= 15 is 0 Å². The van der Waals surface area contributed by atoms with Crippen LogP contribution in [0.25, 0.3) is 0 Å². The van der Waals surface area contributed by atoms with Crippen LogP contribution in [0, 0.1) is 0 Å². The van der Waals surface area contributed by atoms with Gasteiger partial charge in [-0.3, -0.25) is 5.10 Å². The van der Waals surface area contributed by atoms with Crippen molar-refractivity contribution in [3.05, 3.63) is 18.5 Å². The Morgan fingerprint density at radius 2 is 1.94 bits per heavy atom. The molecule has 1 aliphatic rings. The van der Waals surface area contributed by atoms with E-state index in [0.29, 0.717) is 0 Å². The van der Waals surface area contributed by atoms with Crippen molar-refractivity contribution in [3.8, 4) is 0 Å². The first-order chi connectivity index (χ1) is 8.49. The minimum atomic E-state index is -0.367. The third-order valence-electron chi connectivity index (χ3n) is 2.41. The predicted octanol–water partition coefficient (Wildman–Crippen LogP) is 2.82. The average molecular weight is 253 g/mol. The minimum Gasteiger partial charge on any atom is -0.444 e. The van der Waals surface area contributed by atoms with E-state index in [-0.39, 0.29) is 11.7 Å². The van der Waals surface area contributed by atoms with Crippen LogP contribution in [0.1, 0.15) is 40.0 Å². The average Bonchev–Trinajstić information content (AvgIpc) is 2.86. The summed E-state index contributed by atoms with van der Waals surface area (Å²) in [6, 6.07) is 1.83. The topological polar surface area (TPSA) is 58.2 Å².